The molecular weight excluding hydrogens is 196 g/mol. The summed E-state index contributed by atoms with van der Waals surface area (Å²) in [5.74, 6) is 3.32. The molecule has 0 N–H and O–H groups in total. The van der Waals surface area contributed by atoms with Crippen LogP contribution in [0.25, 0.3) is 0 Å². The second kappa shape index (κ2) is 3.00. The predicted octanol–water partition coefficient (Wildman–Crippen LogP) is 3.59. The minimum atomic E-state index is 0.426. The van der Waals surface area contributed by atoms with Gasteiger partial charge in [0.1, 0.15) is 0 Å². The molecule has 3 rings (SSSR count). The monoisotopic (exact) mass is 218 g/mol. The van der Waals surface area contributed by atoms with Crippen LogP contribution >= 0.6 is 0 Å². The number of ketones is 1. The van der Waals surface area contributed by atoms with E-state index in [4.69, 9.17) is 0 Å². The molecule has 4 atom stereocenters. The zero-order chi connectivity index (χ0) is 11.7. The summed E-state index contributed by atoms with van der Waals surface area (Å²) >= 11 is 0. The molecule has 3 aliphatic rings. The topological polar surface area (TPSA) is 17.1 Å². The van der Waals surface area contributed by atoms with Crippen molar-refractivity contribution in [3.05, 3.63) is 11.1 Å². The molecule has 0 aromatic carbocycles. The Morgan fingerprint density at radius 3 is 2.62 bits per heavy atom. The lowest BCUT2D eigenvalue weighted by Crippen LogP contribution is -2.14. The number of carbonyl (C=O) groups excluding carboxylic acids is 1. The van der Waals surface area contributed by atoms with E-state index in [-0.39, 0.29) is 0 Å². The van der Waals surface area contributed by atoms with Gasteiger partial charge in [0.05, 0.1) is 0 Å². The minimum absolute atomic E-state index is 0.426. The van der Waals surface area contributed by atoms with Gasteiger partial charge in [-0.3, -0.25) is 4.79 Å². The zero-order valence-electron chi connectivity index (χ0n) is 10.8. The van der Waals surface area contributed by atoms with Gasteiger partial charge in [0, 0.05) is 6.42 Å². The van der Waals surface area contributed by atoms with E-state index in [0.29, 0.717) is 17.1 Å². The van der Waals surface area contributed by atoms with Crippen molar-refractivity contribution >= 4 is 5.78 Å². The zero-order valence-corrected chi connectivity index (χ0v) is 10.8. The van der Waals surface area contributed by atoms with Crippen LogP contribution in [0.3, 0.4) is 0 Å². The fourth-order valence-corrected chi connectivity index (χ4v) is 4.42. The van der Waals surface area contributed by atoms with Gasteiger partial charge in [0.25, 0.3) is 0 Å². The van der Waals surface area contributed by atoms with Gasteiger partial charge in [0.2, 0.25) is 0 Å². The van der Waals surface area contributed by atoms with Crippen molar-refractivity contribution in [2.75, 3.05) is 0 Å². The predicted molar refractivity (Wildman–Crippen MR) is 65.0 cm³/mol. The van der Waals surface area contributed by atoms with E-state index in [0.717, 1.165) is 29.7 Å². The van der Waals surface area contributed by atoms with Crippen LogP contribution in [0.2, 0.25) is 0 Å². The van der Waals surface area contributed by atoms with Crippen LogP contribution in [0.4, 0.5) is 0 Å². The summed E-state index contributed by atoms with van der Waals surface area (Å²) in [7, 11) is 0. The Labute approximate surface area is 98.3 Å². The van der Waals surface area contributed by atoms with Gasteiger partial charge in [-0.1, -0.05) is 26.3 Å². The summed E-state index contributed by atoms with van der Waals surface area (Å²) < 4.78 is 0. The van der Waals surface area contributed by atoms with Gasteiger partial charge in [-0.15, -0.1) is 0 Å². The molecule has 0 saturated heterocycles. The molecule has 1 nitrogen and oxygen atoms in total. The first kappa shape index (κ1) is 10.6. The lowest BCUT2D eigenvalue weighted by molar-refractivity contribution is -0.115. The maximum atomic E-state index is 11.9. The number of Topliss-reactive ketones (excluding diaryl/α,β-unsaturated/α-hetero) is 1. The molecule has 0 aliphatic heterocycles. The van der Waals surface area contributed by atoms with E-state index in [2.05, 4.69) is 27.7 Å². The first-order valence-corrected chi connectivity index (χ1v) is 6.68. The molecule has 0 heterocycles. The molecule has 88 valence electrons. The van der Waals surface area contributed by atoms with Crippen molar-refractivity contribution in [1.29, 1.82) is 0 Å². The normalized spacial score (nSPS) is 45.1. The maximum absolute atomic E-state index is 11.9. The highest BCUT2D eigenvalue weighted by Crippen LogP contribution is 2.68. The van der Waals surface area contributed by atoms with Crippen LogP contribution in [0.1, 0.15) is 47.0 Å². The van der Waals surface area contributed by atoms with Crippen LogP contribution in [-0.2, 0) is 4.79 Å². The Bertz CT molecular complexity index is 388. The van der Waals surface area contributed by atoms with E-state index in [1.807, 2.05) is 0 Å². The smallest absolute Gasteiger partial charge is 0.159 e. The second-order valence-corrected chi connectivity index (χ2v) is 6.77. The summed E-state index contributed by atoms with van der Waals surface area (Å²) in [4.78, 5) is 11.9. The van der Waals surface area contributed by atoms with Crippen molar-refractivity contribution < 1.29 is 4.79 Å². The summed E-state index contributed by atoms with van der Waals surface area (Å²) in [6.45, 7) is 9.19. The van der Waals surface area contributed by atoms with Crippen LogP contribution < -0.4 is 0 Å². The third-order valence-electron chi connectivity index (χ3n) is 5.66. The van der Waals surface area contributed by atoms with E-state index in [1.165, 1.54) is 12.8 Å². The lowest BCUT2D eigenvalue weighted by atomic mass is 9.82. The summed E-state index contributed by atoms with van der Waals surface area (Å²) in [5, 5.41) is 0. The third-order valence-corrected chi connectivity index (χ3v) is 5.66. The van der Waals surface area contributed by atoms with E-state index >= 15 is 0 Å². The SMILES string of the molecule is CC1=C2C(CC1=O)C(C)CCC1C2C1(C)C. The average molecular weight is 218 g/mol. The Morgan fingerprint density at radius 1 is 1.25 bits per heavy atom. The van der Waals surface area contributed by atoms with Crippen molar-refractivity contribution in [2.45, 2.75) is 47.0 Å². The van der Waals surface area contributed by atoms with Gasteiger partial charge < -0.3 is 0 Å². The molecule has 0 radical (unpaired) electrons. The molecule has 0 bridgehead atoms. The first-order valence-electron chi connectivity index (χ1n) is 6.68. The molecule has 0 amide bonds. The highest BCUT2D eigenvalue weighted by molar-refractivity contribution is 5.99. The van der Waals surface area contributed by atoms with E-state index in [9.17, 15) is 4.79 Å². The van der Waals surface area contributed by atoms with Crippen LogP contribution in [0.15, 0.2) is 11.1 Å². The second-order valence-electron chi connectivity index (χ2n) is 6.77. The molecule has 1 heteroatoms. The number of hydrogen-bond acceptors (Lipinski definition) is 1. The van der Waals surface area contributed by atoms with Crippen molar-refractivity contribution in [1.82, 2.24) is 0 Å². The molecule has 16 heavy (non-hydrogen) atoms. The number of hydrogen-bond donors (Lipinski definition) is 0. The highest BCUT2D eigenvalue weighted by atomic mass is 16.1. The van der Waals surface area contributed by atoms with Crippen LogP contribution in [0, 0.1) is 29.1 Å². The number of fused-ring (bicyclic) bond motifs is 3. The van der Waals surface area contributed by atoms with Crippen LogP contribution in [-0.4, -0.2) is 5.78 Å². The Hall–Kier alpha value is -0.590. The van der Waals surface area contributed by atoms with Crippen LogP contribution in [0.5, 0.6) is 0 Å². The summed E-state index contributed by atoms with van der Waals surface area (Å²) in [5.41, 5.74) is 3.16. The molecule has 0 spiro atoms. The van der Waals surface area contributed by atoms with E-state index < -0.39 is 0 Å². The standard InChI is InChI=1S/C15H22O/c1-8-5-6-11-14(15(11,3)4)13-9(2)12(16)7-10(8)13/h8,10-11,14H,5-7H2,1-4H3. The largest absolute Gasteiger partial charge is 0.295 e. The molecule has 2 saturated carbocycles. The fourth-order valence-electron chi connectivity index (χ4n) is 4.42. The van der Waals surface area contributed by atoms with Gasteiger partial charge in [-0.2, -0.15) is 0 Å². The molecule has 0 aromatic heterocycles. The van der Waals surface area contributed by atoms with Gasteiger partial charge in [-0.25, -0.2) is 0 Å². The van der Waals surface area contributed by atoms with Crippen molar-refractivity contribution in [2.24, 2.45) is 29.1 Å². The molecule has 3 aliphatic carbocycles. The minimum Gasteiger partial charge on any atom is -0.295 e. The first-order chi connectivity index (χ1) is 7.44. The Kier molecular flexibility index (Phi) is 1.98. The third kappa shape index (κ3) is 1.15. The quantitative estimate of drug-likeness (QED) is 0.607. The molecule has 4 unspecified atom stereocenters. The van der Waals surface area contributed by atoms with Gasteiger partial charge >= 0.3 is 0 Å². The lowest BCUT2D eigenvalue weighted by Gasteiger charge is -2.22. The van der Waals surface area contributed by atoms with Gasteiger partial charge in [0.15, 0.2) is 5.78 Å². The average Bonchev–Trinajstić information content (AvgIpc) is 2.68. The Balaban J connectivity index is 2.05. The van der Waals surface area contributed by atoms with Gasteiger partial charge in [-0.05, 0) is 54.4 Å². The number of allylic oxidation sites excluding steroid dienone is 2. The highest BCUT2D eigenvalue weighted by Gasteiger charge is 2.62. The molecule has 0 aromatic rings. The Morgan fingerprint density at radius 2 is 1.94 bits per heavy atom. The maximum Gasteiger partial charge on any atom is 0.159 e. The van der Waals surface area contributed by atoms with Crippen molar-refractivity contribution in [3.8, 4) is 0 Å². The van der Waals surface area contributed by atoms with E-state index in [1.54, 1.807) is 5.57 Å². The number of rotatable bonds is 0. The fraction of sp³-hybridized carbons (Fsp3) is 0.800. The summed E-state index contributed by atoms with van der Waals surface area (Å²) in [6, 6.07) is 0. The number of carbonyl (C=O) groups is 1. The van der Waals surface area contributed by atoms with Crippen molar-refractivity contribution in [3.63, 3.8) is 0 Å². The molecule has 2 fully saturated rings. The summed E-state index contributed by atoms with van der Waals surface area (Å²) in [6.07, 6.45) is 3.50. The molecular formula is C15H22O.